The fourth-order valence-corrected chi connectivity index (χ4v) is 4.38. The summed E-state index contributed by atoms with van der Waals surface area (Å²) in [6.45, 7) is 4.26. The van der Waals surface area contributed by atoms with Gasteiger partial charge in [0, 0.05) is 11.4 Å². The highest BCUT2D eigenvalue weighted by molar-refractivity contribution is 8.02. The lowest BCUT2D eigenvalue weighted by atomic mass is 9.89. The molecule has 1 aliphatic rings. The van der Waals surface area contributed by atoms with Crippen molar-refractivity contribution in [3.8, 4) is 6.07 Å². The predicted molar refractivity (Wildman–Crippen MR) is 113 cm³/mol. The van der Waals surface area contributed by atoms with Crippen molar-refractivity contribution in [2.75, 3.05) is 11.5 Å². The fourth-order valence-electron chi connectivity index (χ4n) is 3.54. The number of thioether (sulfide) groups is 1. The van der Waals surface area contributed by atoms with Gasteiger partial charge in [-0.25, -0.2) is 0 Å². The molecule has 0 spiro atoms. The van der Waals surface area contributed by atoms with E-state index in [9.17, 15) is 0 Å². The van der Waals surface area contributed by atoms with Gasteiger partial charge in [0.25, 0.3) is 0 Å². The largest absolute Gasteiger partial charge is 0.398 e. The number of nitriles is 1. The average Bonchev–Trinajstić information content (AvgIpc) is 2.66. The van der Waals surface area contributed by atoms with Crippen LogP contribution in [0.25, 0.3) is 5.57 Å². The molecule has 0 aliphatic heterocycles. The molecule has 26 heavy (non-hydrogen) atoms. The van der Waals surface area contributed by atoms with Gasteiger partial charge in [0.2, 0.25) is 0 Å². The molecule has 0 amide bonds. The molecule has 3 rings (SSSR count). The van der Waals surface area contributed by atoms with Crippen LogP contribution in [-0.2, 0) is 19.3 Å². The number of rotatable bonds is 5. The van der Waals surface area contributed by atoms with Crippen LogP contribution in [0.3, 0.4) is 0 Å². The van der Waals surface area contributed by atoms with Crippen LogP contribution in [0, 0.1) is 18.3 Å². The van der Waals surface area contributed by atoms with Crippen LogP contribution in [0.4, 0.5) is 5.69 Å². The molecule has 0 aromatic heterocycles. The minimum atomic E-state index is 0.574. The minimum Gasteiger partial charge on any atom is -0.398 e. The van der Waals surface area contributed by atoms with Gasteiger partial charge in [0.1, 0.15) is 6.07 Å². The van der Waals surface area contributed by atoms with Gasteiger partial charge in [-0.3, -0.25) is 0 Å². The molecule has 3 heteroatoms. The van der Waals surface area contributed by atoms with Crippen molar-refractivity contribution in [3.63, 3.8) is 0 Å². The molecule has 1 aliphatic carbocycles. The summed E-state index contributed by atoms with van der Waals surface area (Å²) in [7, 11) is 0. The van der Waals surface area contributed by atoms with E-state index in [1.54, 1.807) is 0 Å². The van der Waals surface area contributed by atoms with Gasteiger partial charge in [-0.15, -0.1) is 11.8 Å². The quantitative estimate of drug-likeness (QED) is 0.551. The van der Waals surface area contributed by atoms with Crippen molar-refractivity contribution in [2.24, 2.45) is 0 Å². The maximum Gasteiger partial charge on any atom is 0.101 e. The van der Waals surface area contributed by atoms with Crippen molar-refractivity contribution in [1.82, 2.24) is 0 Å². The van der Waals surface area contributed by atoms with Gasteiger partial charge in [0.05, 0.1) is 5.56 Å². The van der Waals surface area contributed by atoms with Crippen LogP contribution in [-0.4, -0.2) is 5.75 Å². The van der Waals surface area contributed by atoms with Crippen molar-refractivity contribution < 1.29 is 0 Å². The summed E-state index contributed by atoms with van der Waals surface area (Å²) in [5.74, 6) is 0.998. The van der Waals surface area contributed by atoms with Crippen LogP contribution in [0.5, 0.6) is 0 Å². The summed E-state index contributed by atoms with van der Waals surface area (Å²) in [6, 6.07) is 13.0. The Morgan fingerprint density at radius 3 is 2.73 bits per heavy atom. The number of nitrogen functional groups attached to an aromatic ring is 1. The third-order valence-corrected chi connectivity index (χ3v) is 6.14. The van der Waals surface area contributed by atoms with E-state index in [1.165, 1.54) is 53.5 Å². The van der Waals surface area contributed by atoms with E-state index in [0.29, 0.717) is 11.3 Å². The maximum absolute atomic E-state index is 9.14. The van der Waals surface area contributed by atoms with Crippen LogP contribution >= 0.6 is 11.8 Å². The number of benzene rings is 2. The Bertz CT molecular complexity index is 875. The molecule has 0 atom stereocenters. The normalized spacial score (nSPS) is 14.0. The molecule has 0 unspecified atom stereocenters. The molecule has 2 N–H and O–H groups in total. The fraction of sp³-hybridized carbons (Fsp3) is 0.348. The zero-order valence-corrected chi connectivity index (χ0v) is 16.5. The van der Waals surface area contributed by atoms with Gasteiger partial charge in [0.15, 0.2) is 0 Å². The first kappa shape index (κ1) is 18.6. The lowest BCUT2D eigenvalue weighted by molar-refractivity contribution is 0.685. The molecule has 134 valence electrons. The molecular formula is C23H26N2S. The Morgan fingerprint density at radius 2 is 1.96 bits per heavy atom. The van der Waals surface area contributed by atoms with Crippen LogP contribution in [0.2, 0.25) is 0 Å². The van der Waals surface area contributed by atoms with Crippen molar-refractivity contribution in [2.45, 2.75) is 46.0 Å². The van der Waals surface area contributed by atoms with Crippen molar-refractivity contribution in [1.29, 1.82) is 5.26 Å². The van der Waals surface area contributed by atoms with Crippen LogP contribution < -0.4 is 5.73 Å². The van der Waals surface area contributed by atoms with Crippen molar-refractivity contribution in [3.05, 3.63) is 69.1 Å². The zero-order valence-electron chi connectivity index (χ0n) is 15.6. The number of anilines is 1. The number of nitrogens with zero attached hydrogens (tertiary/aromatic N) is 1. The number of allylic oxidation sites excluding steroid dienone is 1. The summed E-state index contributed by atoms with van der Waals surface area (Å²) in [5.41, 5.74) is 15.1. The Labute approximate surface area is 161 Å². The molecule has 0 saturated carbocycles. The third-order valence-electron chi connectivity index (χ3n) is 5.18. The van der Waals surface area contributed by atoms with Gasteiger partial charge in [-0.1, -0.05) is 18.2 Å². The predicted octanol–water partition coefficient (Wildman–Crippen LogP) is 5.66. The summed E-state index contributed by atoms with van der Waals surface area (Å²) < 4.78 is 0. The second kappa shape index (κ2) is 8.47. The summed E-state index contributed by atoms with van der Waals surface area (Å²) >= 11 is 1.84. The Balaban J connectivity index is 1.61. The SMILES string of the molecule is C/C(=C\SCCc1cc(C#N)c(N)cc1C)c1ccc2c(c1)CCCC2. The second-order valence-electron chi connectivity index (χ2n) is 7.09. The summed E-state index contributed by atoms with van der Waals surface area (Å²) in [6.07, 6.45) is 6.05. The number of hydrogen-bond donors (Lipinski definition) is 1. The summed E-state index contributed by atoms with van der Waals surface area (Å²) in [5, 5.41) is 11.4. The third kappa shape index (κ3) is 4.31. The van der Waals surface area contributed by atoms with Gasteiger partial charge in [-0.05, 0) is 96.9 Å². The Hall–Kier alpha value is -2.18. The Morgan fingerprint density at radius 1 is 1.19 bits per heavy atom. The Kier molecular flexibility index (Phi) is 6.06. The van der Waals surface area contributed by atoms with Gasteiger partial charge in [-0.2, -0.15) is 5.26 Å². The smallest absolute Gasteiger partial charge is 0.101 e. The first-order valence-electron chi connectivity index (χ1n) is 9.28. The second-order valence-corrected chi connectivity index (χ2v) is 8.07. The van der Waals surface area contributed by atoms with E-state index in [-0.39, 0.29) is 0 Å². The number of aryl methyl sites for hydroxylation is 4. The molecule has 2 aromatic carbocycles. The lowest BCUT2D eigenvalue weighted by Crippen LogP contribution is -2.02. The lowest BCUT2D eigenvalue weighted by Gasteiger charge is -2.16. The first-order valence-corrected chi connectivity index (χ1v) is 10.3. The zero-order chi connectivity index (χ0) is 18.5. The van der Waals surface area contributed by atoms with E-state index in [1.807, 2.05) is 23.9 Å². The molecule has 0 bridgehead atoms. The van der Waals surface area contributed by atoms with E-state index in [0.717, 1.165) is 17.7 Å². The van der Waals surface area contributed by atoms with Crippen molar-refractivity contribution >= 4 is 23.0 Å². The maximum atomic E-state index is 9.14. The average molecular weight is 363 g/mol. The highest BCUT2D eigenvalue weighted by atomic mass is 32.2. The molecule has 0 heterocycles. The number of hydrogen-bond acceptors (Lipinski definition) is 3. The highest BCUT2D eigenvalue weighted by Crippen LogP contribution is 2.27. The van der Waals surface area contributed by atoms with Gasteiger partial charge < -0.3 is 5.73 Å². The molecule has 0 radical (unpaired) electrons. The molecule has 2 aromatic rings. The van der Waals surface area contributed by atoms with E-state index in [2.05, 4.69) is 43.5 Å². The molecular weight excluding hydrogens is 336 g/mol. The van der Waals surface area contributed by atoms with E-state index < -0.39 is 0 Å². The van der Waals surface area contributed by atoms with E-state index in [4.69, 9.17) is 11.0 Å². The topological polar surface area (TPSA) is 49.8 Å². The molecule has 0 fully saturated rings. The number of nitrogens with two attached hydrogens (primary N) is 1. The van der Waals surface area contributed by atoms with Crippen LogP contribution in [0.1, 0.15) is 53.1 Å². The standard InChI is InChI=1S/C23H26N2S/c1-16-11-23(25)22(14-24)13-20(16)9-10-26-15-17(2)19-8-7-18-5-3-4-6-21(18)12-19/h7-8,11-13,15H,3-6,9-10,25H2,1-2H3/b17-15+. The monoisotopic (exact) mass is 362 g/mol. The highest BCUT2D eigenvalue weighted by Gasteiger charge is 2.10. The molecule has 0 saturated heterocycles. The molecule has 2 nitrogen and oxygen atoms in total. The van der Waals surface area contributed by atoms with E-state index >= 15 is 0 Å². The first-order chi connectivity index (χ1) is 12.6. The minimum absolute atomic E-state index is 0.574. The van der Waals surface area contributed by atoms with Gasteiger partial charge >= 0.3 is 0 Å². The summed E-state index contributed by atoms with van der Waals surface area (Å²) in [4.78, 5) is 0. The number of fused-ring (bicyclic) bond motifs is 1. The van der Waals surface area contributed by atoms with Crippen LogP contribution in [0.15, 0.2) is 35.7 Å².